The Labute approximate surface area is 74.2 Å². The molecule has 0 unspecified atom stereocenters. The number of hydrogen-bond acceptors (Lipinski definition) is 1. The van der Waals surface area contributed by atoms with Crippen molar-refractivity contribution in [2.24, 2.45) is 0 Å². The summed E-state index contributed by atoms with van der Waals surface area (Å²) in [5, 5.41) is 0. The lowest BCUT2D eigenvalue weighted by Gasteiger charge is -2.25. The Morgan fingerprint density at radius 1 is 1.50 bits per heavy atom. The normalized spacial score (nSPS) is 18.9. The molecule has 12 heavy (non-hydrogen) atoms. The predicted molar refractivity (Wildman–Crippen MR) is 49.9 cm³/mol. The van der Waals surface area contributed by atoms with E-state index in [1.165, 1.54) is 5.57 Å². The van der Waals surface area contributed by atoms with Crippen LogP contribution in [0.3, 0.4) is 0 Å². The second kappa shape index (κ2) is 3.74. The molecule has 1 heterocycles. The van der Waals surface area contributed by atoms with Crippen LogP contribution < -0.4 is 0 Å². The number of likely N-dealkylation sites (N-methyl/N-ethyl adjacent to an activating group) is 1. The van der Waals surface area contributed by atoms with E-state index in [2.05, 4.69) is 6.92 Å². The molecule has 0 saturated heterocycles. The largest absolute Gasteiger partial charge is 0.342 e. The van der Waals surface area contributed by atoms with E-state index in [0.717, 1.165) is 31.4 Å². The lowest BCUT2D eigenvalue weighted by atomic mass is 9.97. The minimum absolute atomic E-state index is 0.213. The van der Waals surface area contributed by atoms with Gasteiger partial charge in [0.25, 0.3) is 0 Å². The van der Waals surface area contributed by atoms with Crippen molar-refractivity contribution in [1.82, 2.24) is 4.90 Å². The molecule has 1 amide bonds. The van der Waals surface area contributed by atoms with Gasteiger partial charge in [0.15, 0.2) is 0 Å². The lowest BCUT2D eigenvalue weighted by Crippen LogP contribution is -2.33. The van der Waals surface area contributed by atoms with Gasteiger partial charge in [0, 0.05) is 19.2 Å². The molecule has 0 radical (unpaired) electrons. The van der Waals surface area contributed by atoms with E-state index >= 15 is 0 Å². The molecule has 68 valence electrons. The quantitative estimate of drug-likeness (QED) is 0.615. The molecule has 2 heteroatoms. The molecule has 1 rings (SSSR count). The summed E-state index contributed by atoms with van der Waals surface area (Å²) in [5.74, 6) is 0.213. The Balaban J connectivity index is 2.78. The van der Waals surface area contributed by atoms with Gasteiger partial charge < -0.3 is 4.90 Å². The number of carbonyl (C=O) groups excluding carboxylic acids is 1. The topological polar surface area (TPSA) is 20.3 Å². The summed E-state index contributed by atoms with van der Waals surface area (Å²) in [6.07, 6.45) is 3.30. The summed E-state index contributed by atoms with van der Waals surface area (Å²) in [6.45, 7) is 5.00. The van der Waals surface area contributed by atoms with Gasteiger partial charge in [0.05, 0.1) is 0 Å². The first-order valence-corrected chi connectivity index (χ1v) is 4.61. The van der Waals surface area contributed by atoms with Crippen LogP contribution >= 0.6 is 0 Å². The maximum atomic E-state index is 11.5. The molecular formula is C10H17NO. The maximum Gasteiger partial charge on any atom is 0.249 e. The summed E-state index contributed by atoms with van der Waals surface area (Å²) >= 11 is 0. The van der Waals surface area contributed by atoms with E-state index < -0.39 is 0 Å². The van der Waals surface area contributed by atoms with E-state index in [4.69, 9.17) is 0 Å². The van der Waals surface area contributed by atoms with Crippen LogP contribution in [0.5, 0.6) is 0 Å². The van der Waals surface area contributed by atoms with Crippen molar-refractivity contribution in [1.29, 1.82) is 0 Å². The highest BCUT2D eigenvalue weighted by Gasteiger charge is 2.19. The average molecular weight is 167 g/mol. The third kappa shape index (κ3) is 1.68. The fourth-order valence-corrected chi connectivity index (χ4v) is 1.64. The lowest BCUT2D eigenvalue weighted by molar-refractivity contribution is -0.126. The van der Waals surface area contributed by atoms with Crippen molar-refractivity contribution < 1.29 is 4.79 Å². The standard InChI is InChI=1S/C10H17NO/c1-4-5-9-6-7-11(3)10(12)8(9)2/h4-7H2,1-3H3. The number of amides is 1. The highest BCUT2D eigenvalue weighted by atomic mass is 16.2. The zero-order chi connectivity index (χ0) is 9.14. The van der Waals surface area contributed by atoms with Crippen LogP contribution in [0.25, 0.3) is 0 Å². The molecular weight excluding hydrogens is 150 g/mol. The minimum atomic E-state index is 0.213. The predicted octanol–water partition coefficient (Wildman–Crippen LogP) is 1.97. The van der Waals surface area contributed by atoms with Gasteiger partial charge in [0.1, 0.15) is 0 Å². The molecule has 0 aromatic heterocycles. The van der Waals surface area contributed by atoms with Crippen molar-refractivity contribution in [3.05, 3.63) is 11.1 Å². The highest BCUT2D eigenvalue weighted by molar-refractivity contribution is 5.94. The van der Waals surface area contributed by atoms with Crippen LogP contribution in [0.15, 0.2) is 11.1 Å². The van der Waals surface area contributed by atoms with Crippen LogP contribution in [0.4, 0.5) is 0 Å². The van der Waals surface area contributed by atoms with Crippen molar-refractivity contribution >= 4 is 5.91 Å². The van der Waals surface area contributed by atoms with Gasteiger partial charge in [-0.05, 0) is 19.8 Å². The summed E-state index contributed by atoms with van der Waals surface area (Å²) in [7, 11) is 1.87. The fourth-order valence-electron chi connectivity index (χ4n) is 1.64. The van der Waals surface area contributed by atoms with Gasteiger partial charge in [-0.25, -0.2) is 0 Å². The second-order valence-electron chi connectivity index (χ2n) is 3.46. The van der Waals surface area contributed by atoms with Gasteiger partial charge >= 0.3 is 0 Å². The smallest absolute Gasteiger partial charge is 0.249 e. The molecule has 0 spiro atoms. The number of carbonyl (C=O) groups is 1. The zero-order valence-electron chi connectivity index (χ0n) is 8.18. The molecule has 1 aliphatic heterocycles. The Morgan fingerprint density at radius 3 is 2.75 bits per heavy atom. The number of nitrogens with zero attached hydrogens (tertiary/aromatic N) is 1. The Kier molecular flexibility index (Phi) is 2.90. The third-order valence-electron chi connectivity index (χ3n) is 2.50. The summed E-state index contributed by atoms with van der Waals surface area (Å²) in [4.78, 5) is 13.3. The first-order chi connectivity index (χ1) is 5.66. The SMILES string of the molecule is CCCC1=C(C)C(=O)N(C)CC1. The van der Waals surface area contributed by atoms with Crippen LogP contribution in [-0.4, -0.2) is 24.4 Å². The van der Waals surface area contributed by atoms with Crippen LogP contribution in [0.1, 0.15) is 33.1 Å². The molecule has 0 atom stereocenters. The molecule has 2 nitrogen and oxygen atoms in total. The van der Waals surface area contributed by atoms with Gasteiger partial charge in [-0.2, -0.15) is 0 Å². The highest BCUT2D eigenvalue weighted by Crippen LogP contribution is 2.21. The zero-order valence-corrected chi connectivity index (χ0v) is 8.18. The number of rotatable bonds is 2. The first-order valence-electron chi connectivity index (χ1n) is 4.61. The Bertz CT molecular complexity index is 218. The van der Waals surface area contributed by atoms with Crippen molar-refractivity contribution in [2.75, 3.05) is 13.6 Å². The maximum absolute atomic E-state index is 11.5. The second-order valence-corrected chi connectivity index (χ2v) is 3.46. The van der Waals surface area contributed by atoms with Gasteiger partial charge in [-0.15, -0.1) is 0 Å². The molecule has 0 aromatic carbocycles. The van der Waals surface area contributed by atoms with E-state index in [1.807, 2.05) is 14.0 Å². The molecule has 0 aromatic rings. The minimum Gasteiger partial charge on any atom is -0.342 e. The van der Waals surface area contributed by atoms with Gasteiger partial charge in [-0.3, -0.25) is 4.79 Å². The monoisotopic (exact) mass is 167 g/mol. The molecule has 0 aliphatic carbocycles. The molecule has 0 N–H and O–H groups in total. The summed E-state index contributed by atoms with van der Waals surface area (Å²) < 4.78 is 0. The third-order valence-corrected chi connectivity index (χ3v) is 2.50. The van der Waals surface area contributed by atoms with Crippen LogP contribution in [-0.2, 0) is 4.79 Å². The van der Waals surface area contributed by atoms with Crippen molar-refractivity contribution in [2.45, 2.75) is 33.1 Å². The summed E-state index contributed by atoms with van der Waals surface area (Å²) in [5.41, 5.74) is 2.34. The van der Waals surface area contributed by atoms with Gasteiger partial charge in [-0.1, -0.05) is 18.9 Å². The summed E-state index contributed by atoms with van der Waals surface area (Å²) in [6, 6.07) is 0. The number of hydrogen-bond donors (Lipinski definition) is 0. The van der Waals surface area contributed by atoms with Crippen LogP contribution in [0.2, 0.25) is 0 Å². The van der Waals surface area contributed by atoms with Crippen molar-refractivity contribution in [3.63, 3.8) is 0 Å². The van der Waals surface area contributed by atoms with E-state index in [1.54, 1.807) is 4.90 Å². The molecule has 0 fully saturated rings. The Morgan fingerprint density at radius 2 is 2.17 bits per heavy atom. The molecule has 0 saturated carbocycles. The Hall–Kier alpha value is -0.790. The average Bonchev–Trinajstić information content (AvgIpc) is 2.07. The molecule has 0 bridgehead atoms. The van der Waals surface area contributed by atoms with Crippen LogP contribution in [0, 0.1) is 0 Å². The first kappa shape index (κ1) is 9.30. The van der Waals surface area contributed by atoms with Crippen molar-refractivity contribution in [3.8, 4) is 0 Å². The van der Waals surface area contributed by atoms with E-state index in [0.29, 0.717) is 0 Å². The fraction of sp³-hybridized carbons (Fsp3) is 0.700. The van der Waals surface area contributed by atoms with E-state index in [9.17, 15) is 4.79 Å². The van der Waals surface area contributed by atoms with Gasteiger partial charge in [0.2, 0.25) is 5.91 Å². The molecule has 1 aliphatic rings. The van der Waals surface area contributed by atoms with E-state index in [-0.39, 0.29) is 5.91 Å².